The minimum Gasteiger partial charge on any atom is -0.461 e. The molecular formula is C22H25F2N3O2. The first-order valence-corrected chi connectivity index (χ1v) is 9.76. The second-order valence-corrected chi connectivity index (χ2v) is 7.54. The molecule has 1 saturated heterocycles. The number of hydrogen-bond donors (Lipinski definition) is 0. The van der Waals surface area contributed by atoms with E-state index in [0.29, 0.717) is 11.1 Å². The number of halogens is 2. The van der Waals surface area contributed by atoms with Crippen molar-refractivity contribution in [2.75, 3.05) is 31.9 Å². The molecule has 0 atom stereocenters. The van der Waals surface area contributed by atoms with Gasteiger partial charge < -0.3 is 14.4 Å². The van der Waals surface area contributed by atoms with Crippen LogP contribution in [-0.2, 0) is 4.74 Å². The van der Waals surface area contributed by atoms with Crippen molar-refractivity contribution in [3.05, 3.63) is 48.1 Å². The highest BCUT2D eigenvalue weighted by molar-refractivity contribution is 5.83. The van der Waals surface area contributed by atoms with Crippen LogP contribution in [0.15, 0.2) is 36.5 Å². The first-order valence-electron chi connectivity index (χ1n) is 10.3. The number of nitrogens with zero attached hydrogens (tertiary/aromatic N) is 3. The van der Waals surface area contributed by atoms with Crippen LogP contribution < -0.4 is 9.64 Å². The normalized spacial score (nSPS) is 16.0. The fraction of sp³-hybridized carbons (Fsp3) is 0.409. The predicted octanol–water partition coefficient (Wildman–Crippen LogP) is 4.91. The molecule has 0 spiro atoms. The molecular weight excluding hydrogens is 376 g/mol. The van der Waals surface area contributed by atoms with Gasteiger partial charge in [-0.2, -0.15) is 5.10 Å². The van der Waals surface area contributed by atoms with E-state index >= 15 is 4.39 Å². The number of benzene rings is 2. The molecule has 0 unspecified atom stereocenters. The maximum atomic E-state index is 15.0. The second kappa shape index (κ2) is 7.63. The molecule has 1 aliphatic heterocycles. The van der Waals surface area contributed by atoms with Gasteiger partial charge in [0.2, 0.25) is 0 Å². The minimum atomic E-state index is -0.874. The van der Waals surface area contributed by atoms with Gasteiger partial charge in [-0.1, -0.05) is 13.8 Å². The third kappa shape index (κ3) is 3.33. The predicted molar refractivity (Wildman–Crippen MR) is 109 cm³/mol. The van der Waals surface area contributed by atoms with Crippen LogP contribution >= 0.6 is 0 Å². The van der Waals surface area contributed by atoms with Crippen molar-refractivity contribution in [3.63, 3.8) is 0 Å². The van der Waals surface area contributed by atoms with E-state index in [1.807, 2.05) is 6.07 Å². The Kier molecular flexibility index (Phi) is 4.83. The van der Waals surface area contributed by atoms with Gasteiger partial charge in [0.1, 0.15) is 5.52 Å². The molecule has 2 heterocycles. The number of hydrogen-bond acceptors (Lipinski definition) is 4. The summed E-state index contributed by atoms with van der Waals surface area (Å²) in [6.45, 7) is 6.09. The molecule has 7 heteroatoms. The first-order chi connectivity index (χ1) is 14.4. The van der Waals surface area contributed by atoms with Gasteiger partial charge in [-0.3, -0.25) is 0 Å². The third-order valence-electron chi connectivity index (χ3n) is 5.95. The van der Waals surface area contributed by atoms with Crippen LogP contribution in [0.5, 0.6) is 5.75 Å². The zero-order valence-corrected chi connectivity index (χ0v) is 16.8. The lowest BCUT2D eigenvalue weighted by Gasteiger charge is -2.51. The number of ether oxygens (including phenoxy) is 2. The summed E-state index contributed by atoms with van der Waals surface area (Å²) in [5.41, 5.74) is 1.79. The zero-order valence-electron chi connectivity index (χ0n) is 17.8. The van der Waals surface area contributed by atoms with Gasteiger partial charge in [0, 0.05) is 36.7 Å². The highest BCUT2D eigenvalue weighted by Gasteiger charge is 2.39. The summed E-state index contributed by atoms with van der Waals surface area (Å²) in [6.07, 6.45) is 3.64. The number of fused-ring (bicyclic) bond motifs is 1. The number of rotatable bonds is 7. The molecule has 0 amide bonds. The summed E-state index contributed by atoms with van der Waals surface area (Å²) in [6, 6.07) is 6.81. The highest BCUT2D eigenvalue weighted by atomic mass is 19.1. The SMILES string of the molecule is [2H]c1cc(N2CC(CC)(CC)C2)ccc1-n1ncc2cc(F)c(OCOC)c(F)c21. The topological polar surface area (TPSA) is 39.5 Å². The molecule has 1 fully saturated rings. The zero-order chi connectivity index (χ0) is 21.5. The van der Waals surface area contributed by atoms with Crippen LogP contribution in [0.2, 0.25) is 0 Å². The Morgan fingerprint density at radius 1 is 1.17 bits per heavy atom. The van der Waals surface area contributed by atoms with Crippen molar-refractivity contribution >= 4 is 16.6 Å². The molecule has 1 aromatic heterocycles. The lowest BCUT2D eigenvalue weighted by Crippen LogP contribution is -2.55. The van der Waals surface area contributed by atoms with Crippen LogP contribution in [0.25, 0.3) is 16.6 Å². The average molecular weight is 402 g/mol. The monoisotopic (exact) mass is 402 g/mol. The quantitative estimate of drug-likeness (QED) is 0.526. The molecule has 2 aromatic carbocycles. The van der Waals surface area contributed by atoms with Crippen LogP contribution in [0, 0.1) is 17.0 Å². The van der Waals surface area contributed by atoms with Crippen LogP contribution in [0.1, 0.15) is 28.1 Å². The van der Waals surface area contributed by atoms with E-state index in [0.717, 1.165) is 31.6 Å². The van der Waals surface area contributed by atoms with Gasteiger partial charge in [0.05, 0.1) is 13.3 Å². The fourth-order valence-electron chi connectivity index (χ4n) is 3.91. The maximum Gasteiger partial charge on any atom is 0.196 e. The molecule has 154 valence electrons. The summed E-state index contributed by atoms with van der Waals surface area (Å²) >= 11 is 0. The van der Waals surface area contributed by atoms with Crippen LogP contribution in [-0.4, -0.2) is 36.8 Å². The molecule has 0 saturated carbocycles. The Hall–Kier alpha value is -2.67. The Bertz CT molecular complexity index is 1070. The first kappa shape index (κ1) is 18.4. The van der Waals surface area contributed by atoms with Crippen molar-refractivity contribution < 1.29 is 19.6 Å². The summed E-state index contributed by atoms with van der Waals surface area (Å²) in [5, 5.41) is 4.49. The third-order valence-corrected chi connectivity index (χ3v) is 5.95. The highest BCUT2D eigenvalue weighted by Crippen LogP contribution is 2.40. The van der Waals surface area contributed by atoms with Gasteiger partial charge in [-0.25, -0.2) is 13.5 Å². The van der Waals surface area contributed by atoms with Gasteiger partial charge >= 0.3 is 0 Å². The van der Waals surface area contributed by atoms with Crippen LogP contribution in [0.4, 0.5) is 14.5 Å². The van der Waals surface area contributed by atoms with Gasteiger partial charge in [0.25, 0.3) is 0 Å². The number of aromatic nitrogens is 2. The lowest BCUT2D eigenvalue weighted by molar-refractivity contribution is 0.0455. The Morgan fingerprint density at radius 2 is 1.90 bits per heavy atom. The smallest absolute Gasteiger partial charge is 0.196 e. The van der Waals surface area contributed by atoms with Crippen molar-refractivity contribution in [2.45, 2.75) is 26.7 Å². The minimum absolute atomic E-state index is 0.0590. The maximum absolute atomic E-state index is 15.0. The van der Waals surface area contributed by atoms with E-state index in [1.54, 1.807) is 12.1 Å². The molecule has 4 rings (SSSR count). The Labute approximate surface area is 170 Å². The Morgan fingerprint density at radius 3 is 2.55 bits per heavy atom. The van der Waals surface area contributed by atoms with E-state index in [4.69, 9.17) is 10.8 Å². The lowest BCUT2D eigenvalue weighted by atomic mass is 9.75. The number of methoxy groups -OCH3 is 1. The van der Waals surface area contributed by atoms with E-state index in [-0.39, 0.29) is 23.7 Å². The molecule has 1 aliphatic rings. The van der Waals surface area contributed by atoms with Crippen molar-refractivity contribution in [1.82, 2.24) is 9.78 Å². The van der Waals surface area contributed by atoms with E-state index < -0.39 is 17.4 Å². The summed E-state index contributed by atoms with van der Waals surface area (Å²) in [5.74, 6) is -2.22. The molecule has 0 N–H and O–H groups in total. The van der Waals surface area contributed by atoms with Crippen LogP contribution in [0.3, 0.4) is 0 Å². The van der Waals surface area contributed by atoms with E-state index in [1.165, 1.54) is 24.1 Å². The fourth-order valence-corrected chi connectivity index (χ4v) is 3.91. The van der Waals surface area contributed by atoms with E-state index in [9.17, 15) is 4.39 Å². The second-order valence-electron chi connectivity index (χ2n) is 7.54. The molecule has 0 bridgehead atoms. The van der Waals surface area contributed by atoms with Gasteiger partial charge in [0.15, 0.2) is 24.2 Å². The van der Waals surface area contributed by atoms with Crippen molar-refractivity contribution in [1.29, 1.82) is 0 Å². The Balaban J connectivity index is 1.69. The van der Waals surface area contributed by atoms with Crippen molar-refractivity contribution in [3.8, 4) is 11.4 Å². The largest absolute Gasteiger partial charge is 0.461 e. The average Bonchev–Trinajstić information content (AvgIpc) is 3.11. The standard InChI is InChI=1S/C22H25F2N3O2/c1-4-22(5-2)12-26(13-22)16-6-8-17(9-7-16)27-20-15(11-25-27)10-18(23)21(19(20)24)29-14-28-3/h6-11H,4-5,12-14H2,1-3H3/i8D. The van der Waals surface area contributed by atoms with Crippen molar-refractivity contribution in [2.24, 2.45) is 5.41 Å². The van der Waals surface area contributed by atoms with Gasteiger partial charge in [-0.05, 0) is 43.1 Å². The molecule has 3 aromatic rings. The summed E-state index contributed by atoms with van der Waals surface area (Å²) in [7, 11) is 1.37. The molecule has 0 aliphatic carbocycles. The van der Waals surface area contributed by atoms with E-state index in [2.05, 4.69) is 23.8 Å². The number of anilines is 1. The summed E-state index contributed by atoms with van der Waals surface area (Å²) in [4.78, 5) is 2.25. The van der Waals surface area contributed by atoms with Gasteiger partial charge in [-0.15, -0.1) is 0 Å². The summed E-state index contributed by atoms with van der Waals surface area (Å²) < 4.78 is 48.9. The molecule has 29 heavy (non-hydrogen) atoms. The molecule has 0 radical (unpaired) electrons. The molecule has 5 nitrogen and oxygen atoms in total.